The molecule has 112 valence electrons. The molecule has 21 heavy (non-hydrogen) atoms. The van der Waals surface area contributed by atoms with Gasteiger partial charge in [0.2, 0.25) is 0 Å². The van der Waals surface area contributed by atoms with Crippen LogP contribution in [0.3, 0.4) is 0 Å². The molecule has 0 aliphatic rings. The number of benzene rings is 1. The van der Waals surface area contributed by atoms with Crippen molar-refractivity contribution in [2.24, 2.45) is 0 Å². The van der Waals surface area contributed by atoms with E-state index in [1.807, 2.05) is 30.5 Å². The number of aromatic nitrogens is 1. The van der Waals surface area contributed by atoms with E-state index in [2.05, 4.69) is 24.0 Å². The van der Waals surface area contributed by atoms with Gasteiger partial charge < -0.3 is 9.47 Å². The molecule has 1 aromatic carbocycles. The Morgan fingerprint density at radius 1 is 1.00 bits per heavy atom. The quantitative estimate of drug-likeness (QED) is 0.684. The second-order valence-electron chi connectivity index (χ2n) is 5.00. The van der Waals surface area contributed by atoms with E-state index in [-0.39, 0.29) is 0 Å². The minimum absolute atomic E-state index is 0.827. The van der Waals surface area contributed by atoms with Crippen LogP contribution in [-0.4, -0.2) is 25.3 Å². The van der Waals surface area contributed by atoms with Crippen LogP contribution in [0.2, 0.25) is 0 Å². The number of nitrogens with zero attached hydrogens (tertiary/aromatic N) is 1. The van der Waals surface area contributed by atoms with Gasteiger partial charge in [0.1, 0.15) is 5.75 Å². The molecule has 0 aliphatic carbocycles. The third-order valence-corrected chi connectivity index (χ3v) is 3.31. The van der Waals surface area contributed by atoms with E-state index < -0.39 is 0 Å². The highest BCUT2D eigenvalue weighted by Gasteiger charge is 2.01. The van der Waals surface area contributed by atoms with Crippen molar-refractivity contribution in [3.63, 3.8) is 0 Å². The number of ether oxygens (including phenoxy) is 2. The van der Waals surface area contributed by atoms with Crippen molar-refractivity contribution in [3.8, 4) is 17.0 Å². The van der Waals surface area contributed by atoms with Gasteiger partial charge in [0, 0.05) is 25.0 Å². The second kappa shape index (κ2) is 8.42. The van der Waals surface area contributed by atoms with Gasteiger partial charge in [0.15, 0.2) is 0 Å². The molecule has 0 aliphatic heterocycles. The molecule has 3 nitrogen and oxygen atoms in total. The Balaban J connectivity index is 1.88. The van der Waals surface area contributed by atoms with Crippen LogP contribution in [0.25, 0.3) is 11.3 Å². The number of pyridine rings is 1. The minimum Gasteiger partial charge on any atom is -0.497 e. The molecule has 2 rings (SSSR count). The van der Waals surface area contributed by atoms with Crippen LogP contribution in [0.4, 0.5) is 0 Å². The summed E-state index contributed by atoms with van der Waals surface area (Å²) in [5.74, 6) is 0.863. The lowest BCUT2D eigenvalue weighted by Gasteiger charge is -2.05. The first-order chi connectivity index (χ1) is 10.3. The van der Waals surface area contributed by atoms with Crippen molar-refractivity contribution in [1.29, 1.82) is 0 Å². The summed E-state index contributed by atoms with van der Waals surface area (Å²) < 4.78 is 10.7. The van der Waals surface area contributed by atoms with Crippen molar-refractivity contribution < 1.29 is 9.47 Å². The molecule has 0 saturated heterocycles. The first-order valence-corrected chi connectivity index (χ1v) is 7.50. The molecular formula is C18H23NO2. The highest BCUT2D eigenvalue weighted by Crippen LogP contribution is 2.20. The monoisotopic (exact) mass is 285 g/mol. The minimum atomic E-state index is 0.827. The molecule has 3 heteroatoms. The molecule has 0 amide bonds. The molecule has 0 atom stereocenters. The van der Waals surface area contributed by atoms with Crippen LogP contribution in [-0.2, 0) is 11.2 Å². The first-order valence-electron chi connectivity index (χ1n) is 7.50. The summed E-state index contributed by atoms with van der Waals surface area (Å²) in [6, 6.07) is 12.2. The van der Waals surface area contributed by atoms with Crippen LogP contribution in [0.5, 0.6) is 5.75 Å². The number of rotatable bonds is 8. The van der Waals surface area contributed by atoms with E-state index in [9.17, 15) is 0 Å². The normalized spacial score (nSPS) is 10.6. The molecule has 0 radical (unpaired) electrons. The van der Waals surface area contributed by atoms with E-state index in [0.29, 0.717) is 0 Å². The van der Waals surface area contributed by atoms with Crippen LogP contribution < -0.4 is 4.74 Å². The van der Waals surface area contributed by atoms with E-state index in [4.69, 9.17) is 9.47 Å². The van der Waals surface area contributed by atoms with E-state index in [1.54, 1.807) is 7.11 Å². The zero-order chi connectivity index (χ0) is 14.9. The Hall–Kier alpha value is -1.87. The van der Waals surface area contributed by atoms with Gasteiger partial charge in [0.05, 0.1) is 12.8 Å². The van der Waals surface area contributed by atoms with Gasteiger partial charge in [-0.3, -0.25) is 4.98 Å². The van der Waals surface area contributed by atoms with Crippen LogP contribution in [0.15, 0.2) is 42.6 Å². The van der Waals surface area contributed by atoms with Gasteiger partial charge >= 0.3 is 0 Å². The number of hydrogen-bond acceptors (Lipinski definition) is 3. The molecule has 0 N–H and O–H groups in total. The predicted octanol–water partition coefficient (Wildman–Crippen LogP) is 4.12. The summed E-state index contributed by atoms with van der Waals surface area (Å²) >= 11 is 0. The average Bonchev–Trinajstić information content (AvgIpc) is 2.55. The Labute approximate surface area is 126 Å². The van der Waals surface area contributed by atoms with Gasteiger partial charge in [-0.05, 0) is 55.2 Å². The maximum absolute atomic E-state index is 5.49. The lowest BCUT2D eigenvalue weighted by atomic mass is 10.1. The van der Waals surface area contributed by atoms with Crippen molar-refractivity contribution >= 4 is 0 Å². The van der Waals surface area contributed by atoms with Gasteiger partial charge in [0.25, 0.3) is 0 Å². The average molecular weight is 285 g/mol. The highest BCUT2D eigenvalue weighted by atomic mass is 16.5. The topological polar surface area (TPSA) is 31.4 Å². The summed E-state index contributed by atoms with van der Waals surface area (Å²) in [6.07, 6.45) is 5.10. The lowest BCUT2D eigenvalue weighted by Crippen LogP contribution is -1.98. The highest BCUT2D eigenvalue weighted by molar-refractivity contribution is 5.60. The summed E-state index contributed by atoms with van der Waals surface area (Å²) in [4.78, 5) is 4.54. The van der Waals surface area contributed by atoms with Crippen molar-refractivity contribution in [3.05, 3.63) is 48.2 Å². The summed E-state index contributed by atoms with van der Waals surface area (Å²) in [6.45, 7) is 3.81. The third-order valence-electron chi connectivity index (χ3n) is 3.31. The zero-order valence-electron chi connectivity index (χ0n) is 12.8. The van der Waals surface area contributed by atoms with Crippen molar-refractivity contribution in [1.82, 2.24) is 4.98 Å². The fraction of sp³-hybridized carbons (Fsp3) is 0.389. The smallest absolute Gasteiger partial charge is 0.118 e. The Bertz CT molecular complexity index is 520. The zero-order valence-corrected chi connectivity index (χ0v) is 12.8. The molecule has 0 unspecified atom stereocenters. The molecular weight excluding hydrogens is 262 g/mol. The number of hydrogen-bond donors (Lipinski definition) is 0. The fourth-order valence-corrected chi connectivity index (χ4v) is 2.13. The van der Waals surface area contributed by atoms with Gasteiger partial charge in [-0.2, -0.15) is 0 Å². The van der Waals surface area contributed by atoms with E-state index in [0.717, 1.165) is 49.5 Å². The summed E-state index contributed by atoms with van der Waals surface area (Å²) in [5, 5.41) is 0. The Kier molecular flexibility index (Phi) is 6.22. The van der Waals surface area contributed by atoms with Crippen LogP contribution >= 0.6 is 0 Å². The molecule has 2 aromatic rings. The molecule has 0 fully saturated rings. The fourth-order valence-electron chi connectivity index (χ4n) is 2.13. The van der Waals surface area contributed by atoms with Gasteiger partial charge in [-0.25, -0.2) is 0 Å². The second-order valence-corrected chi connectivity index (χ2v) is 5.00. The lowest BCUT2D eigenvalue weighted by molar-refractivity contribution is 0.132. The van der Waals surface area contributed by atoms with E-state index in [1.165, 1.54) is 5.56 Å². The SMILES string of the molecule is CCCOCCCc1ccc(-c2ccc(OC)cc2)nc1. The van der Waals surface area contributed by atoms with E-state index >= 15 is 0 Å². The third kappa shape index (κ3) is 4.87. The molecule has 1 heterocycles. The van der Waals surface area contributed by atoms with Crippen LogP contribution in [0.1, 0.15) is 25.3 Å². The summed E-state index contributed by atoms with van der Waals surface area (Å²) in [7, 11) is 1.67. The maximum Gasteiger partial charge on any atom is 0.118 e. The molecule has 0 saturated carbocycles. The van der Waals surface area contributed by atoms with Gasteiger partial charge in [-0.1, -0.05) is 13.0 Å². The standard InChI is InChI=1S/C18H23NO2/c1-3-12-21-13-4-5-15-6-11-18(19-14-15)16-7-9-17(20-2)10-8-16/h6-11,14H,3-5,12-13H2,1-2H3. The van der Waals surface area contributed by atoms with Crippen molar-refractivity contribution in [2.75, 3.05) is 20.3 Å². The number of methoxy groups -OCH3 is 1. The molecule has 1 aromatic heterocycles. The number of aryl methyl sites for hydroxylation is 1. The predicted molar refractivity (Wildman–Crippen MR) is 85.7 cm³/mol. The Morgan fingerprint density at radius 2 is 1.81 bits per heavy atom. The van der Waals surface area contributed by atoms with Gasteiger partial charge in [-0.15, -0.1) is 0 Å². The van der Waals surface area contributed by atoms with Crippen molar-refractivity contribution in [2.45, 2.75) is 26.2 Å². The largest absolute Gasteiger partial charge is 0.497 e. The van der Waals surface area contributed by atoms with Crippen LogP contribution in [0, 0.1) is 0 Å². The molecule has 0 spiro atoms. The first kappa shape index (κ1) is 15.5. The maximum atomic E-state index is 5.49. The Morgan fingerprint density at radius 3 is 2.43 bits per heavy atom. The summed E-state index contributed by atoms with van der Waals surface area (Å²) in [5.41, 5.74) is 3.35. The molecule has 0 bridgehead atoms.